The summed E-state index contributed by atoms with van der Waals surface area (Å²) in [5, 5.41) is 0.430. The third-order valence-electron chi connectivity index (χ3n) is 2.70. The number of anilines is 1. The van der Waals surface area contributed by atoms with Crippen molar-refractivity contribution in [3.05, 3.63) is 54.3 Å². The van der Waals surface area contributed by atoms with E-state index in [0.717, 1.165) is 10.0 Å². The number of sulfonamides is 1. The Kier molecular flexibility index (Phi) is 5.41. The molecule has 0 bridgehead atoms. The number of nitrogens with one attached hydrogen (secondary N) is 1. The minimum absolute atomic E-state index is 0.145. The topological polar surface area (TPSA) is 46.2 Å². The van der Waals surface area contributed by atoms with Crippen molar-refractivity contribution in [3.8, 4) is 0 Å². The molecule has 2 aromatic rings. The lowest BCUT2D eigenvalue weighted by atomic mass is 10.2. The van der Waals surface area contributed by atoms with E-state index in [1.807, 2.05) is 6.92 Å². The first-order valence-electron chi connectivity index (χ1n) is 5.65. The molecule has 0 aliphatic heterocycles. The number of rotatable bonds is 3. The summed E-state index contributed by atoms with van der Waals surface area (Å²) >= 11 is 15.9. The molecule has 21 heavy (non-hydrogen) atoms. The van der Waals surface area contributed by atoms with E-state index in [-0.39, 0.29) is 4.90 Å². The molecule has 0 aliphatic rings. The predicted octanol–water partition coefficient (Wildman–Crippen LogP) is 5.74. The van der Waals surface area contributed by atoms with Gasteiger partial charge < -0.3 is 0 Å². The number of hydrogen-bond donors (Lipinski definition) is 1. The maximum absolute atomic E-state index is 12.5. The largest absolute Gasteiger partial charge is 0.278 e. The summed E-state index contributed by atoms with van der Waals surface area (Å²) in [7, 11) is -3.74. The van der Waals surface area contributed by atoms with Gasteiger partial charge in [-0.3, -0.25) is 4.72 Å². The smallest absolute Gasteiger partial charge is 0.263 e. The van der Waals surface area contributed by atoms with Gasteiger partial charge in [0.05, 0.1) is 15.2 Å². The highest BCUT2D eigenvalue weighted by Gasteiger charge is 2.20. The van der Waals surface area contributed by atoms with Crippen LogP contribution in [-0.2, 0) is 10.0 Å². The zero-order chi connectivity index (χ0) is 15.8. The Hall–Kier alpha value is -0.0800. The standard InChI is InChI=1S/C13H9Br3ClNO2S/c1-7-5-9(15)12(6-8(7)14)21(19,20)18-11-4-2-3-10(17)13(11)16/h2-6,18H,1H3. The summed E-state index contributed by atoms with van der Waals surface area (Å²) < 4.78 is 29.3. The molecule has 112 valence electrons. The van der Waals surface area contributed by atoms with Crippen LogP contribution in [0.4, 0.5) is 5.69 Å². The van der Waals surface area contributed by atoms with Crippen LogP contribution in [0, 0.1) is 6.92 Å². The van der Waals surface area contributed by atoms with Crippen molar-refractivity contribution < 1.29 is 8.42 Å². The van der Waals surface area contributed by atoms with Crippen molar-refractivity contribution in [3.63, 3.8) is 0 Å². The van der Waals surface area contributed by atoms with Crippen LogP contribution in [0.25, 0.3) is 0 Å². The van der Waals surface area contributed by atoms with Crippen molar-refractivity contribution in [1.82, 2.24) is 0 Å². The monoisotopic (exact) mass is 515 g/mol. The molecule has 2 rings (SSSR count). The molecular formula is C13H9Br3ClNO2S. The van der Waals surface area contributed by atoms with Crippen LogP contribution in [0.2, 0.25) is 5.02 Å². The second-order valence-corrected chi connectivity index (χ2v) is 8.80. The molecule has 0 aliphatic carbocycles. The number of hydrogen-bond acceptors (Lipinski definition) is 2. The van der Waals surface area contributed by atoms with Gasteiger partial charge in [-0.1, -0.05) is 33.6 Å². The normalized spacial score (nSPS) is 11.5. The molecule has 1 N–H and O–H groups in total. The third-order valence-corrected chi connectivity index (χ3v) is 7.27. The Morgan fingerprint density at radius 3 is 2.43 bits per heavy atom. The van der Waals surface area contributed by atoms with Crippen molar-refractivity contribution in [2.24, 2.45) is 0 Å². The fourth-order valence-corrected chi connectivity index (χ4v) is 5.04. The third kappa shape index (κ3) is 3.82. The van der Waals surface area contributed by atoms with Gasteiger partial charge in [-0.2, -0.15) is 0 Å². The summed E-state index contributed by atoms with van der Waals surface area (Å²) in [6.45, 7) is 1.88. The minimum Gasteiger partial charge on any atom is -0.278 e. The average molecular weight is 518 g/mol. The lowest BCUT2D eigenvalue weighted by Gasteiger charge is -2.13. The van der Waals surface area contributed by atoms with Gasteiger partial charge in [-0.25, -0.2) is 8.42 Å². The highest BCUT2D eigenvalue weighted by molar-refractivity contribution is 9.11. The minimum atomic E-state index is -3.74. The van der Waals surface area contributed by atoms with Crippen LogP contribution in [0.3, 0.4) is 0 Å². The molecule has 0 atom stereocenters. The first kappa shape index (κ1) is 17.3. The molecule has 0 amide bonds. The first-order chi connectivity index (χ1) is 9.72. The average Bonchev–Trinajstić information content (AvgIpc) is 2.39. The van der Waals surface area contributed by atoms with Crippen LogP contribution >= 0.6 is 59.4 Å². The molecule has 0 saturated carbocycles. The quantitative estimate of drug-likeness (QED) is 0.564. The second-order valence-electron chi connectivity index (χ2n) is 4.24. The summed E-state index contributed by atoms with van der Waals surface area (Å²) in [5.41, 5.74) is 1.32. The zero-order valence-corrected chi connectivity index (χ0v) is 17.0. The summed E-state index contributed by atoms with van der Waals surface area (Å²) in [6.07, 6.45) is 0. The van der Waals surface area contributed by atoms with E-state index in [0.29, 0.717) is 19.7 Å². The molecule has 2 aromatic carbocycles. The number of aryl methyl sites for hydroxylation is 1. The summed E-state index contributed by atoms with van der Waals surface area (Å²) in [4.78, 5) is 0.145. The molecule has 0 heterocycles. The molecule has 8 heteroatoms. The Labute approximate surface area is 153 Å². The first-order valence-corrected chi connectivity index (χ1v) is 9.89. The Balaban J connectivity index is 2.48. The predicted molar refractivity (Wildman–Crippen MR) is 96.5 cm³/mol. The molecular weight excluding hydrogens is 509 g/mol. The van der Waals surface area contributed by atoms with E-state index in [9.17, 15) is 8.42 Å². The maximum atomic E-state index is 12.5. The van der Waals surface area contributed by atoms with Gasteiger partial charge in [-0.05, 0) is 68.6 Å². The van der Waals surface area contributed by atoms with Gasteiger partial charge in [0.15, 0.2) is 0 Å². The van der Waals surface area contributed by atoms with Crippen LogP contribution in [0.15, 0.2) is 48.6 Å². The van der Waals surface area contributed by atoms with Crippen molar-refractivity contribution >= 4 is 75.1 Å². The Morgan fingerprint density at radius 2 is 1.76 bits per heavy atom. The molecule has 0 spiro atoms. The number of halogens is 4. The second kappa shape index (κ2) is 6.58. The molecule has 0 fully saturated rings. The summed E-state index contributed by atoms with van der Waals surface area (Å²) in [6, 6.07) is 8.27. The molecule has 0 aromatic heterocycles. The number of benzene rings is 2. The van der Waals surface area contributed by atoms with Crippen LogP contribution in [0.5, 0.6) is 0 Å². The lowest BCUT2D eigenvalue weighted by Crippen LogP contribution is -2.14. The van der Waals surface area contributed by atoms with E-state index >= 15 is 0 Å². The SMILES string of the molecule is Cc1cc(Br)c(S(=O)(=O)Nc2cccc(Cl)c2Br)cc1Br. The fourth-order valence-electron chi connectivity index (χ4n) is 1.62. The van der Waals surface area contributed by atoms with Crippen LogP contribution in [-0.4, -0.2) is 8.42 Å². The van der Waals surface area contributed by atoms with E-state index < -0.39 is 10.0 Å². The van der Waals surface area contributed by atoms with Gasteiger partial charge in [0, 0.05) is 8.95 Å². The summed E-state index contributed by atoms with van der Waals surface area (Å²) in [5.74, 6) is 0. The highest BCUT2D eigenvalue weighted by Crippen LogP contribution is 2.34. The van der Waals surface area contributed by atoms with Crippen LogP contribution in [0.1, 0.15) is 5.56 Å². The van der Waals surface area contributed by atoms with Crippen LogP contribution < -0.4 is 4.72 Å². The van der Waals surface area contributed by atoms with E-state index in [1.165, 1.54) is 0 Å². The Bertz CT molecular complexity index is 809. The van der Waals surface area contributed by atoms with E-state index in [1.54, 1.807) is 30.3 Å². The molecule has 0 radical (unpaired) electrons. The maximum Gasteiger partial charge on any atom is 0.263 e. The van der Waals surface area contributed by atoms with E-state index in [2.05, 4.69) is 52.5 Å². The van der Waals surface area contributed by atoms with Crippen molar-refractivity contribution in [2.45, 2.75) is 11.8 Å². The Morgan fingerprint density at radius 1 is 1.10 bits per heavy atom. The molecule has 0 unspecified atom stereocenters. The van der Waals surface area contributed by atoms with Gasteiger partial charge >= 0.3 is 0 Å². The molecule has 3 nitrogen and oxygen atoms in total. The molecule has 0 saturated heterocycles. The van der Waals surface area contributed by atoms with Crippen molar-refractivity contribution in [1.29, 1.82) is 0 Å². The van der Waals surface area contributed by atoms with Gasteiger partial charge in [-0.15, -0.1) is 0 Å². The van der Waals surface area contributed by atoms with Gasteiger partial charge in [0.25, 0.3) is 10.0 Å². The van der Waals surface area contributed by atoms with Crippen molar-refractivity contribution in [2.75, 3.05) is 4.72 Å². The van der Waals surface area contributed by atoms with E-state index in [4.69, 9.17) is 11.6 Å². The van der Waals surface area contributed by atoms with Gasteiger partial charge in [0.1, 0.15) is 4.90 Å². The lowest BCUT2D eigenvalue weighted by molar-refractivity contribution is 0.600. The van der Waals surface area contributed by atoms with Gasteiger partial charge in [0.2, 0.25) is 0 Å². The highest BCUT2D eigenvalue weighted by atomic mass is 79.9. The zero-order valence-electron chi connectivity index (χ0n) is 10.6. The fraction of sp³-hybridized carbons (Fsp3) is 0.0769.